The first-order valence-corrected chi connectivity index (χ1v) is 6.17. The average Bonchev–Trinajstić information content (AvgIpc) is 2.29. The van der Waals surface area contributed by atoms with Gasteiger partial charge in [-0.25, -0.2) is 4.39 Å². The van der Waals surface area contributed by atoms with E-state index in [9.17, 15) is 4.39 Å². The molecule has 0 spiro atoms. The van der Waals surface area contributed by atoms with E-state index >= 15 is 0 Å². The molecule has 0 heterocycles. The van der Waals surface area contributed by atoms with Crippen LogP contribution in [0.2, 0.25) is 0 Å². The molecule has 0 unspecified atom stereocenters. The summed E-state index contributed by atoms with van der Waals surface area (Å²) in [5.41, 5.74) is 3.69. The lowest BCUT2D eigenvalue weighted by Crippen LogP contribution is -2.13. The zero-order chi connectivity index (χ0) is 13.3. The van der Waals surface area contributed by atoms with Gasteiger partial charge >= 0.3 is 0 Å². The summed E-state index contributed by atoms with van der Waals surface area (Å²) >= 11 is 0. The Hall–Kier alpha value is -1.63. The largest absolute Gasteiger partial charge is 0.206 e. The van der Waals surface area contributed by atoms with Crippen molar-refractivity contribution in [1.29, 1.82) is 0 Å². The molecule has 0 bridgehead atoms. The Morgan fingerprint density at radius 3 is 2.17 bits per heavy atom. The second-order valence-electron chi connectivity index (χ2n) is 5.70. The van der Waals surface area contributed by atoms with Crippen molar-refractivity contribution in [1.82, 2.24) is 0 Å². The van der Waals surface area contributed by atoms with Gasteiger partial charge in [-0.1, -0.05) is 62.7 Å². The van der Waals surface area contributed by atoms with Crippen LogP contribution in [0.1, 0.15) is 31.9 Å². The minimum absolute atomic E-state index is 0.0871. The minimum atomic E-state index is -0.272. The smallest absolute Gasteiger partial charge is 0.139 e. The SMILES string of the molecule is Cc1ccc(-c2c(F)[c]ccc2C(C)(C)C)cc1. The van der Waals surface area contributed by atoms with E-state index in [1.165, 1.54) is 5.56 Å². The first-order chi connectivity index (χ1) is 8.39. The number of aryl methyl sites for hydroxylation is 1. The lowest BCUT2D eigenvalue weighted by Gasteiger charge is -2.23. The fourth-order valence-corrected chi connectivity index (χ4v) is 2.10. The van der Waals surface area contributed by atoms with Crippen LogP contribution in [0.5, 0.6) is 0 Å². The second-order valence-corrected chi connectivity index (χ2v) is 5.70. The van der Waals surface area contributed by atoms with Gasteiger partial charge in [0.05, 0.1) is 0 Å². The maximum absolute atomic E-state index is 14.1. The third kappa shape index (κ3) is 2.45. The molecule has 93 valence electrons. The van der Waals surface area contributed by atoms with Gasteiger partial charge in [0.2, 0.25) is 0 Å². The third-order valence-electron chi connectivity index (χ3n) is 3.10. The first-order valence-electron chi connectivity index (χ1n) is 6.17. The minimum Gasteiger partial charge on any atom is -0.206 e. The molecule has 2 aromatic rings. The van der Waals surface area contributed by atoms with E-state index in [1.54, 1.807) is 6.07 Å². The molecule has 0 N–H and O–H groups in total. The van der Waals surface area contributed by atoms with Crippen LogP contribution in [0.25, 0.3) is 11.1 Å². The van der Waals surface area contributed by atoms with Crippen LogP contribution in [0.15, 0.2) is 36.4 Å². The van der Waals surface area contributed by atoms with Crippen molar-refractivity contribution in [2.75, 3.05) is 0 Å². The van der Waals surface area contributed by atoms with Gasteiger partial charge in [-0.3, -0.25) is 0 Å². The van der Waals surface area contributed by atoms with Crippen molar-refractivity contribution in [3.63, 3.8) is 0 Å². The molecule has 0 saturated heterocycles. The van der Waals surface area contributed by atoms with Crippen molar-refractivity contribution in [3.8, 4) is 11.1 Å². The summed E-state index contributed by atoms with van der Waals surface area (Å²) in [7, 11) is 0. The van der Waals surface area contributed by atoms with Crippen molar-refractivity contribution in [3.05, 3.63) is 59.4 Å². The summed E-state index contributed by atoms with van der Waals surface area (Å²) < 4.78 is 14.1. The fraction of sp³-hybridized carbons (Fsp3) is 0.294. The van der Waals surface area contributed by atoms with E-state index in [0.29, 0.717) is 5.56 Å². The summed E-state index contributed by atoms with van der Waals surface area (Å²) in [6.45, 7) is 8.32. The van der Waals surface area contributed by atoms with E-state index in [4.69, 9.17) is 0 Å². The average molecular weight is 241 g/mol. The van der Waals surface area contributed by atoms with E-state index in [0.717, 1.165) is 11.1 Å². The van der Waals surface area contributed by atoms with E-state index < -0.39 is 0 Å². The van der Waals surface area contributed by atoms with Crippen LogP contribution in [-0.2, 0) is 5.41 Å². The Balaban J connectivity index is 2.66. The lowest BCUT2D eigenvalue weighted by atomic mass is 9.81. The highest BCUT2D eigenvalue weighted by Crippen LogP contribution is 2.34. The highest BCUT2D eigenvalue weighted by Gasteiger charge is 2.21. The van der Waals surface area contributed by atoms with Crippen LogP contribution in [-0.4, -0.2) is 0 Å². The van der Waals surface area contributed by atoms with Gasteiger partial charge in [0.25, 0.3) is 0 Å². The molecule has 0 aliphatic heterocycles. The molecule has 18 heavy (non-hydrogen) atoms. The van der Waals surface area contributed by atoms with Crippen LogP contribution in [0.3, 0.4) is 0 Å². The van der Waals surface area contributed by atoms with Gasteiger partial charge in [-0.2, -0.15) is 0 Å². The molecular formula is C17H18F. The molecule has 0 aromatic heterocycles. The van der Waals surface area contributed by atoms with Crippen LogP contribution in [0, 0.1) is 18.8 Å². The number of hydrogen-bond donors (Lipinski definition) is 0. The Morgan fingerprint density at radius 2 is 1.61 bits per heavy atom. The maximum atomic E-state index is 14.1. The quantitative estimate of drug-likeness (QED) is 0.666. The number of halogens is 1. The Morgan fingerprint density at radius 1 is 1.00 bits per heavy atom. The van der Waals surface area contributed by atoms with Gasteiger partial charge in [0.15, 0.2) is 0 Å². The number of benzene rings is 2. The molecule has 0 aliphatic rings. The summed E-state index contributed by atoms with van der Waals surface area (Å²) in [4.78, 5) is 0. The Labute approximate surface area is 108 Å². The highest BCUT2D eigenvalue weighted by molar-refractivity contribution is 5.69. The highest BCUT2D eigenvalue weighted by atomic mass is 19.1. The summed E-state index contributed by atoms with van der Waals surface area (Å²) in [6.07, 6.45) is 0. The molecule has 1 heteroatoms. The van der Waals surface area contributed by atoms with Gasteiger partial charge in [-0.05, 0) is 23.5 Å². The molecule has 0 amide bonds. The second kappa shape index (κ2) is 4.56. The normalized spacial score (nSPS) is 11.6. The van der Waals surface area contributed by atoms with E-state index in [2.05, 4.69) is 26.8 Å². The number of hydrogen-bond acceptors (Lipinski definition) is 0. The summed E-state index contributed by atoms with van der Waals surface area (Å²) in [5, 5.41) is 0. The van der Waals surface area contributed by atoms with Gasteiger partial charge in [0, 0.05) is 11.6 Å². The molecule has 1 radical (unpaired) electrons. The standard InChI is InChI=1S/C17H18F/c1-12-8-10-13(11-9-12)16-14(17(2,3)4)6-5-7-15(16)18/h5-6,8-11H,1-4H3. The zero-order valence-corrected chi connectivity index (χ0v) is 11.3. The molecule has 0 aliphatic carbocycles. The number of rotatable bonds is 1. The van der Waals surface area contributed by atoms with Crippen molar-refractivity contribution in [2.45, 2.75) is 33.1 Å². The van der Waals surface area contributed by atoms with E-state index in [1.807, 2.05) is 37.3 Å². The molecule has 2 rings (SSSR count). The van der Waals surface area contributed by atoms with Crippen LogP contribution < -0.4 is 0 Å². The molecular weight excluding hydrogens is 223 g/mol. The zero-order valence-electron chi connectivity index (χ0n) is 11.3. The first kappa shape index (κ1) is 12.8. The van der Waals surface area contributed by atoms with Crippen molar-refractivity contribution >= 4 is 0 Å². The predicted octanol–water partition coefficient (Wildman–Crippen LogP) is 4.90. The molecule has 0 saturated carbocycles. The van der Waals surface area contributed by atoms with Crippen LogP contribution in [0.4, 0.5) is 4.39 Å². The predicted molar refractivity (Wildman–Crippen MR) is 74.1 cm³/mol. The van der Waals surface area contributed by atoms with Gasteiger partial charge < -0.3 is 0 Å². The van der Waals surface area contributed by atoms with Crippen LogP contribution >= 0.6 is 0 Å². The van der Waals surface area contributed by atoms with Crippen molar-refractivity contribution < 1.29 is 4.39 Å². The topological polar surface area (TPSA) is 0 Å². The molecule has 0 atom stereocenters. The van der Waals surface area contributed by atoms with Gasteiger partial charge in [0.1, 0.15) is 5.82 Å². The summed E-state index contributed by atoms with van der Waals surface area (Å²) in [6, 6.07) is 14.2. The fourth-order valence-electron chi connectivity index (χ4n) is 2.10. The maximum Gasteiger partial charge on any atom is 0.139 e. The molecule has 0 nitrogen and oxygen atoms in total. The molecule has 0 fully saturated rings. The Kier molecular flexibility index (Phi) is 3.25. The van der Waals surface area contributed by atoms with Gasteiger partial charge in [-0.15, -0.1) is 0 Å². The summed E-state index contributed by atoms with van der Waals surface area (Å²) in [5.74, 6) is -0.272. The third-order valence-corrected chi connectivity index (χ3v) is 3.10. The van der Waals surface area contributed by atoms with E-state index in [-0.39, 0.29) is 11.2 Å². The monoisotopic (exact) mass is 241 g/mol. The lowest BCUT2D eigenvalue weighted by molar-refractivity contribution is 0.575. The Bertz CT molecular complexity index is 545. The molecule has 2 aromatic carbocycles. The van der Waals surface area contributed by atoms with Crippen molar-refractivity contribution in [2.24, 2.45) is 0 Å².